The molecule has 0 unspecified atom stereocenters. The fourth-order valence-corrected chi connectivity index (χ4v) is 5.14. The first-order valence-electron chi connectivity index (χ1n) is 13.5. The maximum atomic E-state index is 13.1. The Morgan fingerprint density at radius 3 is 2.00 bits per heavy atom. The van der Waals surface area contributed by atoms with Gasteiger partial charge in [0.1, 0.15) is 29.7 Å². The van der Waals surface area contributed by atoms with Crippen molar-refractivity contribution in [1.82, 2.24) is 15.0 Å². The highest BCUT2D eigenvalue weighted by Crippen LogP contribution is 2.35. The lowest BCUT2D eigenvalue weighted by molar-refractivity contribution is -0.114. The normalized spacial score (nSPS) is 11.2. The number of amides is 1. The third-order valence-corrected chi connectivity index (χ3v) is 7.34. The summed E-state index contributed by atoms with van der Waals surface area (Å²) in [7, 11) is -9.71. The number of rotatable bonds is 11. The van der Waals surface area contributed by atoms with Crippen LogP contribution in [0.25, 0.3) is 10.8 Å². The monoisotopic (exact) mass is 786 g/mol. The van der Waals surface area contributed by atoms with Gasteiger partial charge in [0.2, 0.25) is 30.6 Å². The van der Waals surface area contributed by atoms with E-state index in [0.29, 0.717) is 0 Å². The van der Waals surface area contributed by atoms with E-state index >= 15 is 0 Å². The van der Waals surface area contributed by atoms with Gasteiger partial charge in [-0.2, -0.15) is 50.8 Å². The molecule has 0 aliphatic heterocycles. The summed E-state index contributed by atoms with van der Waals surface area (Å²) in [5.41, 5.74) is 5.63. The van der Waals surface area contributed by atoms with Gasteiger partial charge in [-0.25, -0.2) is 22.0 Å². The van der Waals surface area contributed by atoms with Gasteiger partial charge in [0.25, 0.3) is 20.2 Å². The lowest BCUT2D eigenvalue weighted by Gasteiger charge is -2.13. The second kappa shape index (κ2) is 19.2. The summed E-state index contributed by atoms with van der Waals surface area (Å²) in [6, 6.07) is 8.88. The van der Waals surface area contributed by atoms with Crippen LogP contribution >= 0.6 is 0 Å². The van der Waals surface area contributed by atoms with E-state index in [0.717, 1.165) is 18.2 Å². The van der Waals surface area contributed by atoms with Crippen molar-refractivity contribution in [2.75, 3.05) is 43.3 Å². The van der Waals surface area contributed by atoms with Crippen molar-refractivity contribution in [3.05, 3.63) is 60.4 Å². The molecule has 0 bridgehead atoms. The van der Waals surface area contributed by atoms with Crippen LogP contribution in [0.5, 0.6) is 6.01 Å². The number of benzene rings is 3. The second-order valence-electron chi connectivity index (χ2n) is 9.21. The van der Waals surface area contributed by atoms with Gasteiger partial charge in [0, 0.05) is 17.7 Å². The fraction of sp³-hybridized carbons (Fsp3) is 0.185. The molecule has 0 fully saturated rings. The van der Waals surface area contributed by atoms with Crippen LogP contribution in [-0.4, -0.2) is 73.7 Å². The van der Waals surface area contributed by atoms with Crippen molar-refractivity contribution < 1.29 is 66.2 Å². The first-order chi connectivity index (χ1) is 24.3. The van der Waals surface area contributed by atoms with Gasteiger partial charge < -0.3 is 21.1 Å². The molecule has 1 aromatic heterocycles. The van der Waals surface area contributed by atoms with E-state index in [-0.39, 0.29) is 39.5 Å². The lowest BCUT2D eigenvalue weighted by atomic mass is 10.1. The molecule has 6 N–H and O–H groups in total. The Bertz CT molecular complexity index is 2180. The Labute approximate surface area is 289 Å². The van der Waals surface area contributed by atoms with Crippen molar-refractivity contribution in [2.45, 2.75) is 16.7 Å². The maximum absolute atomic E-state index is 13.1. The number of nitrogens with two attached hydrogens (primary N) is 1. The molecule has 1 amide bonds. The quantitative estimate of drug-likeness (QED) is 0.0621. The van der Waals surface area contributed by atoms with Gasteiger partial charge in [0.15, 0.2) is 0 Å². The van der Waals surface area contributed by atoms with Crippen LogP contribution in [0, 0.1) is 0 Å². The Morgan fingerprint density at radius 2 is 1.44 bits per heavy atom. The zero-order chi connectivity index (χ0) is 39.2. The van der Waals surface area contributed by atoms with E-state index in [4.69, 9.17) is 10.5 Å². The minimum Gasteiger partial charge on any atom is -0.456 e. The molecule has 282 valence electrons. The largest absolute Gasteiger partial charge is 0.456 e. The number of ether oxygens (including phenoxy) is 1. The minimum absolute atomic E-state index is 0.0653. The van der Waals surface area contributed by atoms with E-state index in [9.17, 15) is 61.5 Å². The predicted octanol–water partition coefficient (Wildman–Crippen LogP) is 6.48. The highest BCUT2D eigenvalue weighted by Gasteiger charge is 2.21. The Hall–Kier alpha value is -5.53. The van der Waals surface area contributed by atoms with Crippen LogP contribution in [0.4, 0.5) is 65.4 Å². The van der Waals surface area contributed by atoms with Gasteiger partial charge in [-0.15, -0.1) is 0 Å². The zero-order valence-electron chi connectivity index (χ0n) is 26.1. The summed E-state index contributed by atoms with van der Waals surface area (Å²) in [5, 5.41) is 12.6. The smallest absolute Gasteiger partial charge is 0.323 e. The number of nitrogen functional groups attached to an aromatic ring is 1. The van der Waals surface area contributed by atoms with Crippen molar-refractivity contribution in [1.29, 1.82) is 0 Å². The van der Waals surface area contributed by atoms with E-state index in [2.05, 4.69) is 35.8 Å². The molecule has 4 rings (SSSR count). The van der Waals surface area contributed by atoms with E-state index in [1.54, 1.807) is 0 Å². The molecule has 16 nitrogen and oxygen atoms in total. The van der Waals surface area contributed by atoms with Crippen molar-refractivity contribution in [3.8, 4) is 6.01 Å². The number of carbonyl (C=O) groups excluding carboxylic acids is 1. The van der Waals surface area contributed by atoms with E-state index in [1.165, 1.54) is 37.3 Å². The van der Waals surface area contributed by atoms with Crippen LogP contribution in [0.1, 0.15) is 6.92 Å². The number of alkyl halides is 4. The molecule has 0 aliphatic rings. The minimum atomic E-state index is -4.89. The Kier molecular flexibility index (Phi) is 15.7. The number of aromatic nitrogens is 3. The molecule has 0 atom stereocenters. The number of carbonyl (C=O) groups is 1. The number of fused-ring (bicyclic) bond motifs is 1. The standard InChI is InChI=1S/C24H19F3N8O8S2.C2H4F2.CH2F2/c1-11(36)29-18-8-12(5-6-17(18)30-23-31-22(28)32-24(33-23)43-10-16(25)21(26)27)34-35-13-7-15-14(20(9-13)45(40,41)42)3-2-4-19(15)44(37,38)39;3-1-2-4;2-1-3/h2-9H,10H2,1H3,(H,29,36)(H,37,38,39)(H,40,41,42)(H3,28,30,31,32,33);1-2H2;1H2. The molecule has 25 heteroatoms. The molecule has 0 radical (unpaired) electrons. The topological polar surface area (TPSA) is 249 Å². The molecule has 1 heterocycles. The lowest BCUT2D eigenvalue weighted by Crippen LogP contribution is -2.11. The number of nitrogens with one attached hydrogen (secondary N) is 2. The molecule has 0 spiro atoms. The van der Waals surface area contributed by atoms with Gasteiger partial charge >= 0.3 is 12.1 Å². The number of hydrogen-bond acceptors (Lipinski definition) is 13. The van der Waals surface area contributed by atoms with Crippen molar-refractivity contribution in [2.24, 2.45) is 10.2 Å². The molecule has 0 saturated carbocycles. The molecule has 4 aromatic rings. The van der Waals surface area contributed by atoms with Gasteiger partial charge in [-0.1, -0.05) is 12.1 Å². The average molecular weight is 787 g/mol. The third kappa shape index (κ3) is 13.0. The summed E-state index contributed by atoms with van der Waals surface area (Å²) in [5.74, 6) is -3.09. The molecular formula is C27H25F7N8O8S2. The van der Waals surface area contributed by atoms with Crippen molar-refractivity contribution in [3.63, 3.8) is 0 Å². The molecule has 3 aromatic carbocycles. The summed E-state index contributed by atoms with van der Waals surface area (Å²) < 4.78 is 150. The molecule has 0 aliphatic carbocycles. The van der Waals surface area contributed by atoms with Gasteiger partial charge in [-0.05, 0) is 36.4 Å². The number of hydrogen-bond donors (Lipinski definition) is 5. The van der Waals surface area contributed by atoms with Crippen LogP contribution < -0.4 is 21.1 Å². The number of nitrogens with zero attached hydrogens (tertiary/aromatic N) is 5. The van der Waals surface area contributed by atoms with Gasteiger partial charge in [-0.3, -0.25) is 13.9 Å². The Morgan fingerprint density at radius 1 is 0.827 bits per heavy atom. The van der Waals surface area contributed by atoms with Crippen LogP contribution in [0.15, 0.2) is 80.5 Å². The molecular weight excluding hydrogens is 761 g/mol. The fourth-order valence-electron chi connectivity index (χ4n) is 3.71. The third-order valence-electron chi connectivity index (χ3n) is 5.54. The summed E-state index contributed by atoms with van der Waals surface area (Å²) in [6.07, 6.45) is -2.59. The maximum Gasteiger partial charge on any atom is 0.323 e. The average Bonchev–Trinajstić information content (AvgIpc) is 3.05. The summed E-state index contributed by atoms with van der Waals surface area (Å²) >= 11 is 0. The zero-order valence-corrected chi connectivity index (χ0v) is 27.7. The van der Waals surface area contributed by atoms with Gasteiger partial charge in [0.05, 0.1) is 22.7 Å². The highest BCUT2D eigenvalue weighted by atomic mass is 32.2. The SMILES string of the molecule is CC(=O)Nc1cc(N=Nc2cc(S(=O)(=O)O)c3cccc(S(=O)(=O)O)c3c2)ccc1Nc1nc(N)nc(OCC(F)=C(F)F)n1.FCCF.FCF. The van der Waals surface area contributed by atoms with Crippen molar-refractivity contribution >= 4 is 71.6 Å². The molecule has 52 heavy (non-hydrogen) atoms. The number of halogens is 7. The van der Waals surface area contributed by atoms with E-state index < -0.39 is 86.7 Å². The number of anilines is 4. The predicted molar refractivity (Wildman–Crippen MR) is 171 cm³/mol. The van der Waals surface area contributed by atoms with Crippen LogP contribution in [0.3, 0.4) is 0 Å². The Balaban J connectivity index is 0.00000123. The highest BCUT2D eigenvalue weighted by molar-refractivity contribution is 7.86. The second-order valence-corrected chi connectivity index (χ2v) is 12.0. The van der Waals surface area contributed by atoms with Crippen LogP contribution in [-0.2, 0) is 25.0 Å². The molecule has 0 saturated heterocycles. The summed E-state index contributed by atoms with van der Waals surface area (Å²) in [6.45, 7) is -3.43. The first kappa shape index (κ1) is 42.6. The van der Waals surface area contributed by atoms with Crippen LogP contribution in [0.2, 0.25) is 0 Å². The number of azo groups is 1. The summed E-state index contributed by atoms with van der Waals surface area (Å²) in [4.78, 5) is 21.7. The first-order valence-corrected chi connectivity index (χ1v) is 16.4. The van der Waals surface area contributed by atoms with E-state index in [1.807, 2.05) is 0 Å².